The maximum atomic E-state index is 4.23. The normalized spacial score (nSPS) is 19.4. The van der Waals surface area contributed by atoms with Crippen LogP contribution in [0.1, 0.15) is 12.8 Å². The fourth-order valence-corrected chi connectivity index (χ4v) is 2.46. The van der Waals surface area contributed by atoms with E-state index in [0.29, 0.717) is 12.0 Å². The molecule has 3 heterocycles. The number of piperidine rings is 1. The SMILES string of the molecule is Cn1cc(N2CCC[C@H](Nc3ncccn3)C2)cn1. The van der Waals surface area contributed by atoms with Gasteiger partial charge < -0.3 is 10.2 Å². The Morgan fingerprint density at radius 2 is 2.16 bits per heavy atom. The first kappa shape index (κ1) is 12.0. The molecule has 0 saturated carbocycles. The molecule has 2 aromatic heterocycles. The Bertz CT molecular complexity index is 523. The van der Waals surface area contributed by atoms with Crippen molar-refractivity contribution >= 4 is 11.6 Å². The van der Waals surface area contributed by atoms with E-state index >= 15 is 0 Å². The highest BCUT2D eigenvalue weighted by Crippen LogP contribution is 2.20. The summed E-state index contributed by atoms with van der Waals surface area (Å²) < 4.78 is 1.84. The van der Waals surface area contributed by atoms with Crippen molar-refractivity contribution in [2.24, 2.45) is 7.05 Å². The Morgan fingerprint density at radius 3 is 2.89 bits per heavy atom. The van der Waals surface area contributed by atoms with E-state index in [4.69, 9.17) is 0 Å². The summed E-state index contributed by atoms with van der Waals surface area (Å²) in [6, 6.07) is 2.21. The third-order valence-electron chi connectivity index (χ3n) is 3.38. The van der Waals surface area contributed by atoms with E-state index < -0.39 is 0 Å². The van der Waals surface area contributed by atoms with E-state index in [2.05, 4.69) is 31.5 Å². The highest BCUT2D eigenvalue weighted by molar-refractivity contribution is 5.43. The first-order valence-corrected chi connectivity index (χ1v) is 6.58. The van der Waals surface area contributed by atoms with Crippen molar-refractivity contribution in [3.8, 4) is 0 Å². The standard InChI is InChI=1S/C13H18N6/c1-18-10-12(8-16-18)19-7-2-4-11(9-19)17-13-14-5-3-6-15-13/h3,5-6,8,10-11H,2,4,7,9H2,1H3,(H,14,15,17)/t11-/m0/s1. The summed E-state index contributed by atoms with van der Waals surface area (Å²) in [5.41, 5.74) is 1.18. The molecule has 1 atom stereocenters. The molecule has 19 heavy (non-hydrogen) atoms. The molecule has 1 saturated heterocycles. The Balaban J connectivity index is 1.65. The highest BCUT2D eigenvalue weighted by Gasteiger charge is 2.21. The van der Waals surface area contributed by atoms with Crippen LogP contribution >= 0.6 is 0 Å². The van der Waals surface area contributed by atoms with Gasteiger partial charge in [0.15, 0.2) is 0 Å². The summed E-state index contributed by atoms with van der Waals surface area (Å²) in [5, 5.41) is 7.63. The molecule has 2 aromatic rings. The molecule has 1 aliphatic rings. The molecule has 0 radical (unpaired) electrons. The van der Waals surface area contributed by atoms with Crippen molar-refractivity contribution in [3.63, 3.8) is 0 Å². The van der Waals surface area contributed by atoms with Crippen molar-refractivity contribution in [1.82, 2.24) is 19.7 Å². The smallest absolute Gasteiger partial charge is 0.222 e. The summed E-state index contributed by atoms with van der Waals surface area (Å²) >= 11 is 0. The fraction of sp³-hybridized carbons (Fsp3) is 0.462. The number of nitrogens with one attached hydrogen (secondary N) is 1. The molecule has 0 aromatic carbocycles. The maximum Gasteiger partial charge on any atom is 0.222 e. The van der Waals surface area contributed by atoms with Crippen LogP contribution < -0.4 is 10.2 Å². The lowest BCUT2D eigenvalue weighted by molar-refractivity contribution is 0.527. The lowest BCUT2D eigenvalue weighted by Gasteiger charge is -2.33. The molecule has 0 unspecified atom stereocenters. The van der Waals surface area contributed by atoms with E-state index in [1.165, 1.54) is 12.1 Å². The molecule has 1 fully saturated rings. The van der Waals surface area contributed by atoms with E-state index in [1.54, 1.807) is 12.4 Å². The lowest BCUT2D eigenvalue weighted by atomic mass is 10.1. The lowest BCUT2D eigenvalue weighted by Crippen LogP contribution is -2.42. The van der Waals surface area contributed by atoms with Gasteiger partial charge in [-0.05, 0) is 18.9 Å². The van der Waals surface area contributed by atoms with Crippen LogP contribution in [0.5, 0.6) is 0 Å². The highest BCUT2D eigenvalue weighted by atomic mass is 15.3. The van der Waals surface area contributed by atoms with E-state index in [1.807, 2.05) is 24.0 Å². The number of aromatic nitrogens is 4. The summed E-state index contributed by atoms with van der Waals surface area (Å²) in [6.07, 6.45) is 9.81. The predicted octanol–water partition coefficient (Wildman–Crippen LogP) is 1.29. The number of hydrogen-bond donors (Lipinski definition) is 1. The molecule has 0 amide bonds. The topological polar surface area (TPSA) is 58.9 Å². The van der Waals surface area contributed by atoms with E-state index in [9.17, 15) is 0 Å². The minimum Gasteiger partial charge on any atom is -0.367 e. The molecule has 6 heteroatoms. The molecule has 3 rings (SSSR count). The van der Waals surface area contributed by atoms with Crippen molar-refractivity contribution < 1.29 is 0 Å². The molecule has 0 aliphatic carbocycles. The average molecular weight is 258 g/mol. The summed E-state index contributed by atoms with van der Waals surface area (Å²) in [4.78, 5) is 10.8. The van der Waals surface area contributed by atoms with Crippen LogP contribution in [0.25, 0.3) is 0 Å². The third kappa shape index (κ3) is 2.83. The van der Waals surface area contributed by atoms with Gasteiger partial charge >= 0.3 is 0 Å². The van der Waals surface area contributed by atoms with Crippen molar-refractivity contribution in [2.75, 3.05) is 23.3 Å². The van der Waals surface area contributed by atoms with Crippen LogP contribution in [-0.4, -0.2) is 38.9 Å². The molecule has 0 spiro atoms. The summed E-state index contributed by atoms with van der Waals surface area (Å²) in [6.45, 7) is 2.05. The Kier molecular flexibility index (Phi) is 3.31. The molecule has 0 bridgehead atoms. The number of nitrogens with zero attached hydrogens (tertiary/aromatic N) is 5. The predicted molar refractivity (Wildman–Crippen MR) is 74.1 cm³/mol. The van der Waals surface area contributed by atoms with E-state index in [0.717, 1.165) is 19.5 Å². The second kappa shape index (κ2) is 5.26. The number of aryl methyl sites for hydroxylation is 1. The van der Waals surface area contributed by atoms with Crippen LogP contribution in [0.2, 0.25) is 0 Å². The molecule has 1 N–H and O–H groups in total. The van der Waals surface area contributed by atoms with E-state index in [-0.39, 0.29) is 0 Å². The number of anilines is 2. The molecule has 1 aliphatic heterocycles. The van der Waals surface area contributed by atoms with Gasteiger partial charge in [-0.1, -0.05) is 0 Å². The third-order valence-corrected chi connectivity index (χ3v) is 3.38. The van der Waals surface area contributed by atoms with Gasteiger partial charge in [0.1, 0.15) is 0 Å². The second-order valence-electron chi connectivity index (χ2n) is 4.87. The quantitative estimate of drug-likeness (QED) is 0.899. The first-order valence-electron chi connectivity index (χ1n) is 6.58. The zero-order chi connectivity index (χ0) is 13.1. The Labute approximate surface area is 112 Å². The Morgan fingerprint density at radius 1 is 1.32 bits per heavy atom. The largest absolute Gasteiger partial charge is 0.367 e. The van der Waals surface area contributed by atoms with Gasteiger partial charge in [0.2, 0.25) is 5.95 Å². The van der Waals surface area contributed by atoms with Gasteiger partial charge in [-0.15, -0.1) is 0 Å². The first-order chi connectivity index (χ1) is 9.31. The van der Waals surface area contributed by atoms with Crippen LogP contribution in [0.4, 0.5) is 11.6 Å². The second-order valence-corrected chi connectivity index (χ2v) is 4.87. The Hall–Kier alpha value is -2.11. The fourth-order valence-electron chi connectivity index (χ4n) is 2.46. The van der Waals surface area contributed by atoms with Crippen molar-refractivity contribution in [2.45, 2.75) is 18.9 Å². The molecule has 6 nitrogen and oxygen atoms in total. The van der Waals surface area contributed by atoms with Gasteiger partial charge in [0, 0.05) is 44.8 Å². The molecular weight excluding hydrogens is 240 g/mol. The van der Waals surface area contributed by atoms with Crippen LogP contribution in [0.3, 0.4) is 0 Å². The monoisotopic (exact) mass is 258 g/mol. The van der Waals surface area contributed by atoms with Crippen molar-refractivity contribution in [1.29, 1.82) is 0 Å². The molecular formula is C13H18N6. The van der Waals surface area contributed by atoms with Gasteiger partial charge in [0.05, 0.1) is 11.9 Å². The number of hydrogen-bond acceptors (Lipinski definition) is 5. The summed E-state index contributed by atoms with van der Waals surface area (Å²) in [5.74, 6) is 0.709. The van der Waals surface area contributed by atoms with Crippen LogP contribution in [0, 0.1) is 0 Å². The van der Waals surface area contributed by atoms with Crippen LogP contribution in [0.15, 0.2) is 30.9 Å². The maximum absolute atomic E-state index is 4.23. The zero-order valence-corrected chi connectivity index (χ0v) is 11.0. The van der Waals surface area contributed by atoms with Crippen molar-refractivity contribution in [3.05, 3.63) is 30.9 Å². The van der Waals surface area contributed by atoms with Gasteiger partial charge in [-0.3, -0.25) is 4.68 Å². The minimum atomic E-state index is 0.386. The van der Waals surface area contributed by atoms with Crippen LogP contribution in [-0.2, 0) is 7.05 Å². The van der Waals surface area contributed by atoms with Gasteiger partial charge in [-0.2, -0.15) is 5.10 Å². The van der Waals surface area contributed by atoms with Gasteiger partial charge in [-0.25, -0.2) is 9.97 Å². The average Bonchev–Trinajstić information content (AvgIpc) is 2.87. The van der Waals surface area contributed by atoms with Gasteiger partial charge in [0.25, 0.3) is 0 Å². The number of rotatable bonds is 3. The zero-order valence-electron chi connectivity index (χ0n) is 11.0. The summed E-state index contributed by atoms with van der Waals surface area (Å²) in [7, 11) is 1.95. The minimum absolute atomic E-state index is 0.386. The molecule has 100 valence electrons.